The fraction of sp³-hybridized carbons (Fsp3) is 0.323. The van der Waals surface area contributed by atoms with Gasteiger partial charge < -0.3 is 10.2 Å². The number of halogens is 1. The van der Waals surface area contributed by atoms with Crippen molar-refractivity contribution in [1.29, 1.82) is 0 Å². The number of carbonyl (C=O) groups is 3. The summed E-state index contributed by atoms with van der Waals surface area (Å²) < 4.78 is 27.6. The smallest absolute Gasteiger partial charge is 0.269 e. The highest BCUT2D eigenvalue weighted by molar-refractivity contribution is 9.10. The van der Waals surface area contributed by atoms with Crippen LogP contribution in [0.2, 0.25) is 0 Å². The van der Waals surface area contributed by atoms with E-state index in [1.54, 1.807) is 17.0 Å². The number of hydrogen-bond donors (Lipinski definition) is 1. The zero-order chi connectivity index (χ0) is 29.8. The number of nitrogens with one attached hydrogen (secondary N) is 1. The highest BCUT2D eigenvalue weighted by Gasteiger charge is 2.40. The molecule has 1 atom stereocenters. The standard InChI is InChI=1S/C31H34BrN3O5S/c1-31(2,3)33-29(37)26(20-22-11-5-4-6-12-22)34(21-23-13-9-14-24(32)19-23)28(36)17-10-18-35-30(38)25-15-7-8-16-27(25)41(35,39)40/h4-9,11-16,19,26H,10,17-18,20-21H2,1-3H3,(H,33,37)/t26-/m1/s1. The van der Waals surface area contributed by atoms with E-state index < -0.39 is 27.5 Å². The first-order chi connectivity index (χ1) is 19.4. The first-order valence-electron chi connectivity index (χ1n) is 13.4. The van der Waals surface area contributed by atoms with Crippen LogP contribution in [-0.2, 0) is 32.6 Å². The molecular weight excluding hydrogens is 606 g/mol. The third-order valence-corrected chi connectivity index (χ3v) is 9.01. The van der Waals surface area contributed by atoms with Gasteiger partial charge in [-0.15, -0.1) is 0 Å². The Labute approximate surface area is 249 Å². The Bertz CT molecular complexity index is 1540. The second-order valence-corrected chi connectivity index (χ2v) is 13.8. The number of sulfonamides is 1. The summed E-state index contributed by atoms with van der Waals surface area (Å²) in [6.07, 6.45) is 0.375. The van der Waals surface area contributed by atoms with E-state index in [1.165, 1.54) is 12.1 Å². The Kier molecular flexibility index (Phi) is 9.34. The molecule has 1 N–H and O–H groups in total. The second-order valence-electron chi connectivity index (χ2n) is 11.1. The van der Waals surface area contributed by atoms with Crippen LogP contribution in [0.1, 0.15) is 55.1 Å². The van der Waals surface area contributed by atoms with Crippen LogP contribution in [0.25, 0.3) is 0 Å². The van der Waals surface area contributed by atoms with Crippen LogP contribution in [-0.4, -0.2) is 53.5 Å². The van der Waals surface area contributed by atoms with Gasteiger partial charge in [-0.05, 0) is 62.6 Å². The van der Waals surface area contributed by atoms with Gasteiger partial charge in [-0.2, -0.15) is 0 Å². The minimum absolute atomic E-state index is 0.0191. The van der Waals surface area contributed by atoms with Crippen LogP contribution >= 0.6 is 15.9 Å². The van der Waals surface area contributed by atoms with Crippen molar-refractivity contribution in [3.8, 4) is 0 Å². The van der Waals surface area contributed by atoms with E-state index in [2.05, 4.69) is 21.2 Å². The van der Waals surface area contributed by atoms with Crippen LogP contribution in [0.15, 0.2) is 88.2 Å². The molecule has 3 aromatic rings. The van der Waals surface area contributed by atoms with E-state index in [0.717, 1.165) is 19.9 Å². The van der Waals surface area contributed by atoms with Crippen LogP contribution < -0.4 is 5.32 Å². The fourth-order valence-corrected chi connectivity index (χ4v) is 6.86. The molecule has 0 aliphatic carbocycles. The number of benzene rings is 3. The maximum atomic E-state index is 13.9. The summed E-state index contributed by atoms with van der Waals surface area (Å²) in [6, 6.07) is 22.3. The molecule has 0 spiro atoms. The molecule has 0 radical (unpaired) electrons. The molecule has 0 fully saturated rings. The normalized spacial score (nSPS) is 14.8. The molecule has 0 saturated heterocycles. The van der Waals surface area contributed by atoms with Crippen LogP contribution in [0.3, 0.4) is 0 Å². The number of fused-ring (bicyclic) bond motifs is 1. The van der Waals surface area contributed by atoms with Gasteiger partial charge in [-0.3, -0.25) is 14.4 Å². The van der Waals surface area contributed by atoms with Crippen molar-refractivity contribution in [3.63, 3.8) is 0 Å². The molecule has 8 nitrogen and oxygen atoms in total. The van der Waals surface area contributed by atoms with E-state index in [-0.39, 0.29) is 48.2 Å². The van der Waals surface area contributed by atoms with Gasteiger partial charge in [-0.25, -0.2) is 12.7 Å². The van der Waals surface area contributed by atoms with Gasteiger partial charge in [0.15, 0.2) is 0 Å². The molecule has 41 heavy (non-hydrogen) atoms. The molecule has 4 rings (SSSR count). The second kappa shape index (κ2) is 12.6. The summed E-state index contributed by atoms with van der Waals surface area (Å²) in [5.74, 6) is -1.18. The fourth-order valence-electron chi connectivity index (χ4n) is 4.81. The number of nitrogens with zero attached hydrogens (tertiary/aromatic N) is 2. The van der Waals surface area contributed by atoms with Crippen molar-refractivity contribution in [1.82, 2.24) is 14.5 Å². The molecule has 0 saturated carbocycles. The average molecular weight is 641 g/mol. The predicted octanol–water partition coefficient (Wildman–Crippen LogP) is 4.93. The number of rotatable bonds is 10. The van der Waals surface area contributed by atoms with Gasteiger partial charge in [0.25, 0.3) is 15.9 Å². The highest BCUT2D eigenvalue weighted by Crippen LogP contribution is 2.30. The van der Waals surface area contributed by atoms with Gasteiger partial charge in [-0.1, -0.05) is 70.5 Å². The van der Waals surface area contributed by atoms with Crippen molar-refractivity contribution in [2.24, 2.45) is 0 Å². The lowest BCUT2D eigenvalue weighted by Crippen LogP contribution is -2.54. The topological polar surface area (TPSA) is 104 Å². The molecular formula is C31H34BrN3O5S. The zero-order valence-corrected chi connectivity index (χ0v) is 25.7. The van der Waals surface area contributed by atoms with Gasteiger partial charge in [0.2, 0.25) is 11.8 Å². The molecule has 1 aliphatic heterocycles. The summed E-state index contributed by atoms with van der Waals surface area (Å²) >= 11 is 3.48. The van der Waals surface area contributed by atoms with Crippen molar-refractivity contribution >= 4 is 43.7 Å². The Morgan fingerprint density at radius 2 is 1.61 bits per heavy atom. The molecule has 216 valence electrons. The van der Waals surface area contributed by atoms with Gasteiger partial charge >= 0.3 is 0 Å². The molecule has 3 amide bonds. The summed E-state index contributed by atoms with van der Waals surface area (Å²) in [4.78, 5) is 41.9. The lowest BCUT2D eigenvalue weighted by atomic mass is 10.00. The van der Waals surface area contributed by atoms with E-state index in [1.807, 2.05) is 75.4 Å². The molecule has 1 aliphatic rings. The van der Waals surface area contributed by atoms with Gasteiger partial charge in [0, 0.05) is 35.9 Å². The third-order valence-electron chi connectivity index (χ3n) is 6.68. The summed E-state index contributed by atoms with van der Waals surface area (Å²) in [5, 5.41) is 3.03. The molecule has 1 heterocycles. The number of hydrogen-bond acceptors (Lipinski definition) is 5. The minimum Gasteiger partial charge on any atom is -0.350 e. The van der Waals surface area contributed by atoms with Crippen LogP contribution in [0.4, 0.5) is 0 Å². The maximum absolute atomic E-state index is 13.9. The van der Waals surface area contributed by atoms with Crippen LogP contribution in [0.5, 0.6) is 0 Å². The van der Waals surface area contributed by atoms with E-state index >= 15 is 0 Å². The number of carbonyl (C=O) groups excluding carboxylic acids is 3. The Morgan fingerprint density at radius 1 is 0.951 bits per heavy atom. The summed E-state index contributed by atoms with van der Waals surface area (Å²) in [5.41, 5.74) is 1.36. The van der Waals surface area contributed by atoms with E-state index in [4.69, 9.17) is 0 Å². The number of amides is 3. The van der Waals surface area contributed by atoms with Crippen molar-refractivity contribution in [3.05, 3.63) is 100 Å². The van der Waals surface area contributed by atoms with Crippen molar-refractivity contribution < 1.29 is 22.8 Å². The lowest BCUT2D eigenvalue weighted by molar-refractivity contribution is -0.142. The summed E-state index contributed by atoms with van der Waals surface area (Å²) in [6.45, 7) is 5.70. The van der Waals surface area contributed by atoms with Crippen LogP contribution in [0, 0.1) is 0 Å². The van der Waals surface area contributed by atoms with E-state index in [9.17, 15) is 22.8 Å². The first kappa shape index (κ1) is 30.5. The van der Waals surface area contributed by atoms with E-state index in [0.29, 0.717) is 6.42 Å². The van der Waals surface area contributed by atoms with Crippen molar-refractivity contribution in [2.45, 2.75) is 63.1 Å². The first-order valence-corrected chi connectivity index (χ1v) is 15.7. The average Bonchev–Trinajstić information content (AvgIpc) is 3.10. The quantitative estimate of drug-likeness (QED) is 0.339. The molecule has 0 aromatic heterocycles. The lowest BCUT2D eigenvalue weighted by Gasteiger charge is -2.34. The molecule has 0 unspecified atom stereocenters. The minimum atomic E-state index is -3.97. The SMILES string of the molecule is CC(C)(C)NC(=O)[C@@H](Cc1ccccc1)N(Cc1cccc(Br)c1)C(=O)CCCN1C(=O)c2ccccc2S1(=O)=O. The molecule has 10 heteroatoms. The van der Waals surface area contributed by atoms with Gasteiger partial charge in [0.1, 0.15) is 10.9 Å². The third kappa shape index (κ3) is 7.42. The maximum Gasteiger partial charge on any atom is 0.269 e. The largest absolute Gasteiger partial charge is 0.350 e. The summed E-state index contributed by atoms with van der Waals surface area (Å²) in [7, 11) is -3.97. The Balaban J connectivity index is 1.58. The van der Waals surface area contributed by atoms with Gasteiger partial charge in [0.05, 0.1) is 5.56 Å². The highest BCUT2D eigenvalue weighted by atomic mass is 79.9. The Morgan fingerprint density at radius 3 is 2.27 bits per heavy atom. The molecule has 0 bridgehead atoms. The predicted molar refractivity (Wildman–Crippen MR) is 160 cm³/mol. The Hall–Kier alpha value is -3.50. The molecule has 3 aromatic carbocycles. The van der Waals surface area contributed by atoms with Crippen molar-refractivity contribution in [2.75, 3.05) is 6.54 Å². The monoisotopic (exact) mass is 639 g/mol. The zero-order valence-electron chi connectivity index (χ0n) is 23.3.